The minimum atomic E-state index is -0.224. The quantitative estimate of drug-likeness (QED) is 0.308. The van der Waals surface area contributed by atoms with E-state index in [1.54, 1.807) is 6.07 Å². The molecule has 0 amide bonds. The number of anilines is 4. The zero-order chi connectivity index (χ0) is 24.2. The van der Waals surface area contributed by atoms with E-state index < -0.39 is 0 Å². The first kappa shape index (κ1) is 22.9. The number of nitrogen functional groups attached to an aromatic ring is 2. The fourth-order valence-electron chi connectivity index (χ4n) is 4.53. The summed E-state index contributed by atoms with van der Waals surface area (Å²) in [5, 5.41) is 7.00. The molecule has 2 aromatic carbocycles. The van der Waals surface area contributed by atoms with Gasteiger partial charge in [-0.05, 0) is 54.8 Å². The lowest BCUT2D eigenvalue weighted by atomic mass is 10.1. The highest BCUT2D eigenvalue weighted by atomic mass is 19.1. The molecule has 0 radical (unpaired) electrons. The molecule has 8 nitrogen and oxygen atoms in total. The van der Waals surface area contributed by atoms with Crippen molar-refractivity contribution < 1.29 is 4.39 Å². The summed E-state index contributed by atoms with van der Waals surface area (Å²) in [4.78, 5) is 11.6. The van der Waals surface area contributed by atoms with Crippen LogP contribution in [0.2, 0.25) is 0 Å². The van der Waals surface area contributed by atoms with E-state index >= 15 is 0 Å². The van der Waals surface area contributed by atoms with Crippen LogP contribution < -0.4 is 22.1 Å². The fraction of sp³-hybridized carbons (Fsp3) is 0.308. The molecule has 1 fully saturated rings. The van der Waals surface area contributed by atoms with Crippen molar-refractivity contribution in [2.75, 3.05) is 48.3 Å². The third-order valence-corrected chi connectivity index (χ3v) is 6.52. The van der Waals surface area contributed by atoms with Crippen molar-refractivity contribution >= 4 is 34.3 Å². The topological polar surface area (TPSA) is 110 Å². The van der Waals surface area contributed by atoms with E-state index in [9.17, 15) is 4.39 Å². The number of nitrogens with one attached hydrogen (secondary N) is 2. The number of aromatic nitrogens is 3. The van der Waals surface area contributed by atoms with Gasteiger partial charge in [0, 0.05) is 32.2 Å². The van der Waals surface area contributed by atoms with Crippen molar-refractivity contribution in [3.8, 4) is 0 Å². The Kier molecular flexibility index (Phi) is 6.67. The van der Waals surface area contributed by atoms with E-state index in [1.807, 2.05) is 36.4 Å². The van der Waals surface area contributed by atoms with E-state index in [2.05, 4.69) is 31.2 Å². The number of nitrogens with two attached hydrogens (primary N) is 2. The lowest BCUT2D eigenvalue weighted by Gasteiger charge is -2.32. The van der Waals surface area contributed by atoms with Gasteiger partial charge in [-0.2, -0.15) is 0 Å². The summed E-state index contributed by atoms with van der Waals surface area (Å²) < 4.78 is 15.6. The maximum absolute atomic E-state index is 13.4. The number of benzene rings is 2. The SMILES string of the molecule is Nc1ccc(NCCN2CCC(Nc3nc4ccccc4n3Cc3ccc(F)cc3)CC2)nc1N. The molecule has 6 N–H and O–H groups in total. The van der Waals surface area contributed by atoms with Crippen molar-refractivity contribution in [2.45, 2.75) is 25.4 Å². The number of pyridine rings is 1. The van der Waals surface area contributed by atoms with Gasteiger partial charge in [-0.15, -0.1) is 0 Å². The highest BCUT2D eigenvalue weighted by molar-refractivity contribution is 5.78. The number of hydrogen-bond donors (Lipinski definition) is 4. The summed E-state index contributed by atoms with van der Waals surface area (Å²) in [7, 11) is 0. The van der Waals surface area contributed by atoms with Gasteiger partial charge in [0.25, 0.3) is 0 Å². The van der Waals surface area contributed by atoms with Gasteiger partial charge in [0.1, 0.15) is 17.5 Å². The van der Waals surface area contributed by atoms with Crippen molar-refractivity contribution in [3.05, 3.63) is 72.0 Å². The van der Waals surface area contributed by atoms with E-state index in [0.717, 1.165) is 67.4 Å². The number of likely N-dealkylation sites (tertiary alicyclic amines) is 1. The van der Waals surface area contributed by atoms with Crippen LogP contribution in [-0.2, 0) is 6.54 Å². The minimum Gasteiger partial charge on any atom is -0.396 e. The predicted molar refractivity (Wildman–Crippen MR) is 140 cm³/mol. The number of para-hydroxylation sites is 2. The van der Waals surface area contributed by atoms with Gasteiger partial charge in [-0.25, -0.2) is 14.4 Å². The standard InChI is InChI=1S/C26H31FN8/c27-19-7-5-18(6-8-19)17-35-23-4-2-1-3-22(23)32-26(35)31-20-11-14-34(15-12-20)16-13-30-24-10-9-21(28)25(29)33-24/h1-10,20H,11-17,28H2,(H,31,32)(H3,29,30,33). The van der Waals surface area contributed by atoms with Crippen LogP contribution in [0.25, 0.3) is 11.0 Å². The van der Waals surface area contributed by atoms with Crippen molar-refractivity contribution in [1.82, 2.24) is 19.4 Å². The normalized spacial score (nSPS) is 14.9. The molecule has 1 aliphatic rings. The maximum Gasteiger partial charge on any atom is 0.204 e. The molecular weight excluding hydrogens is 443 g/mol. The Morgan fingerprint density at radius 1 is 0.943 bits per heavy atom. The van der Waals surface area contributed by atoms with Gasteiger partial charge in [0.15, 0.2) is 0 Å². The van der Waals surface area contributed by atoms with Crippen LogP contribution in [0.5, 0.6) is 0 Å². The first-order valence-electron chi connectivity index (χ1n) is 12.0. The maximum atomic E-state index is 13.4. The molecule has 0 atom stereocenters. The van der Waals surface area contributed by atoms with Crippen molar-refractivity contribution in [1.29, 1.82) is 0 Å². The molecule has 0 unspecified atom stereocenters. The molecule has 0 aliphatic carbocycles. The molecule has 1 saturated heterocycles. The number of halogens is 1. The molecule has 9 heteroatoms. The molecule has 4 aromatic rings. The zero-order valence-electron chi connectivity index (χ0n) is 19.6. The summed E-state index contributed by atoms with van der Waals surface area (Å²) in [5.74, 6) is 1.74. The Bertz CT molecular complexity index is 1280. The monoisotopic (exact) mass is 474 g/mol. The lowest BCUT2D eigenvalue weighted by molar-refractivity contribution is 0.226. The van der Waals surface area contributed by atoms with Crippen LogP contribution in [0, 0.1) is 5.82 Å². The highest BCUT2D eigenvalue weighted by Crippen LogP contribution is 2.24. The van der Waals surface area contributed by atoms with Gasteiger partial charge in [0.05, 0.1) is 23.3 Å². The van der Waals surface area contributed by atoms with E-state index in [4.69, 9.17) is 16.5 Å². The van der Waals surface area contributed by atoms with Gasteiger partial charge >= 0.3 is 0 Å². The number of piperidine rings is 1. The number of imidazole rings is 1. The molecule has 182 valence electrons. The van der Waals surface area contributed by atoms with Crippen LogP contribution in [-0.4, -0.2) is 51.7 Å². The number of hydrogen-bond acceptors (Lipinski definition) is 7. The summed E-state index contributed by atoms with van der Waals surface area (Å²) in [6.45, 7) is 4.38. The third kappa shape index (κ3) is 5.46. The Hall–Kier alpha value is -3.85. The number of fused-ring (bicyclic) bond motifs is 1. The third-order valence-electron chi connectivity index (χ3n) is 6.52. The van der Waals surface area contributed by atoms with Gasteiger partial charge in [0.2, 0.25) is 5.95 Å². The molecule has 0 bridgehead atoms. The first-order chi connectivity index (χ1) is 17.0. The molecule has 3 heterocycles. The van der Waals surface area contributed by atoms with E-state index in [1.165, 1.54) is 12.1 Å². The predicted octanol–water partition coefficient (Wildman–Crippen LogP) is 3.77. The van der Waals surface area contributed by atoms with Crippen molar-refractivity contribution in [3.63, 3.8) is 0 Å². The Morgan fingerprint density at radius 3 is 2.49 bits per heavy atom. The smallest absolute Gasteiger partial charge is 0.204 e. The van der Waals surface area contributed by atoms with Gasteiger partial charge in [-0.1, -0.05) is 24.3 Å². The largest absolute Gasteiger partial charge is 0.396 e. The molecule has 0 spiro atoms. The number of rotatable bonds is 8. The fourth-order valence-corrected chi connectivity index (χ4v) is 4.53. The zero-order valence-corrected chi connectivity index (χ0v) is 19.6. The Balaban J connectivity index is 1.18. The Labute approximate surface area is 204 Å². The van der Waals surface area contributed by atoms with Crippen LogP contribution in [0.1, 0.15) is 18.4 Å². The van der Waals surface area contributed by atoms with Crippen LogP contribution >= 0.6 is 0 Å². The number of nitrogens with zero attached hydrogens (tertiary/aromatic N) is 4. The second kappa shape index (κ2) is 10.2. The summed E-state index contributed by atoms with van der Waals surface area (Å²) in [6, 6.07) is 18.8. The van der Waals surface area contributed by atoms with Crippen LogP contribution in [0.3, 0.4) is 0 Å². The minimum absolute atomic E-state index is 0.224. The van der Waals surface area contributed by atoms with Crippen molar-refractivity contribution in [2.24, 2.45) is 0 Å². The van der Waals surface area contributed by atoms with Crippen LogP contribution in [0.4, 0.5) is 27.7 Å². The average molecular weight is 475 g/mol. The molecule has 35 heavy (non-hydrogen) atoms. The molecule has 1 aliphatic heterocycles. The second-order valence-corrected chi connectivity index (χ2v) is 8.99. The highest BCUT2D eigenvalue weighted by Gasteiger charge is 2.21. The molecule has 2 aromatic heterocycles. The lowest BCUT2D eigenvalue weighted by Crippen LogP contribution is -2.41. The summed E-state index contributed by atoms with van der Waals surface area (Å²) in [5.41, 5.74) is 15.1. The van der Waals surface area contributed by atoms with E-state index in [-0.39, 0.29) is 5.82 Å². The summed E-state index contributed by atoms with van der Waals surface area (Å²) >= 11 is 0. The van der Waals surface area contributed by atoms with Gasteiger partial charge in [-0.3, -0.25) is 0 Å². The molecule has 0 saturated carbocycles. The first-order valence-corrected chi connectivity index (χ1v) is 12.0. The summed E-state index contributed by atoms with van der Waals surface area (Å²) in [6.07, 6.45) is 2.07. The Morgan fingerprint density at radius 2 is 1.71 bits per heavy atom. The molecular formula is C26H31FN8. The van der Waals surface area contributed by atoms with E-state index in [0.29, 0.717) is 24.1 Å². The second-order valence-electron chi connectivity index (χ2n) is 8.99. The average Bonchev–Trinajstić information content (AvgIpc) is 3.20. The molecule has 5 rings (SSSR count). The van der Waals surface area contributed by atoms with Crippen LogP contribution in [0.15, 0.2) is 60.7 Å². The van der Waals surface area contributed by atoms with Gasteiger partial charge < -0.3 is 31.6 Å².